The van der Waals surface area contributed by atoms with Gasteiger partial charge in [-0.3, -0.25) is 15.5 Å². The minimum atomic E-state index is -1.18. The Morgan fingerprint density at radius 2 is 2.10 bits per heavy atom. The number of nitrogens with zero attached hydrogens (tertiary/aromatic N) is 3. The highest BCUT2D eigenvalue weighted by molar-refractivity contribution is 5.66. The molecule has 0 bridgehead atoms. The van der Waals surface area contributed by atoms with Gasteiger partial charge in [-0.25, -0.2) is 19.6 Å². The fourth-order valence-electron chi connectivity index (χ4n) is 1.40. The lowest BCUT2D eigenvalue weighted by Crippen LogP contribution is -2.12. The maximum Gasteiger partial charge on any atom is 0.329 e. The van der Waals surface area contributed by atoms with Crippen LogP contribution in [0.4, 0.5) is 31.9 Å². The summed E-state index contributed by atoms with van der Waals surface area (Å²) in [5, 5.41) is 13.2. The number of aromatic nitrogens is 2. The van der Waals surface area contributed by atoms with E-state index < -0.39 is 22.2 Å². The van der Waals surface area contributed by atoms with Crippen LogP contribution in [0.25, 0.3) is 0 Å². The van der Waals surface area contributed by atoms with Crippen molar-refractivity contribution in [2.75, 3.05) is 10.7 Å². The molecule has 4 N–H and O–H groups in total. The molecule has 2 rings (SSSR count). The maximum atomic E-state index is 13.5. The first-order chi connectivity index (χ1) is 9.52. The summed E-state index contributed by atoms with van der Waals surface area (Å²) in [6.07, 6.45) is 0.891. The molecule has 0 spiro atoms. The Balaban J connectivity index is 2.46. The summed E-state index contributed by atoms with van der Waals surface area (Å²) in [4.78, 5) is 17.3. The summed E-state index contributed by atoms with van der Waals surface area (Å²) in [6, 6.07) is 3.37. The van der Waals surface area contributed by atoms with E-state index in [1.54, 1.807) is 0 Å². The molecule has 0 saturated heterocycles. The number of benzene rings is 1. The molecule has 0 radical (unpaired) electrons. The molecule has 1 aromatic carbocycles. The van der Waals surface area contributed by atoms with E-state index in [1.165, 1.54) is 12.1 Å². The van der Waals surface area contributed by atoms with E-state index in [1.807, 2.05) is 0 Å². The topological polar surface area (TPSA) is 119 Å². The molecular weight excluding hydrogens is 274 g/mol. The second kappa shape index (κ2) is 5.40. The molecule has 1 aromatic heterocycles. The van der Waals surface area contributed by atoms with Crippen LogP contribution < -0.4 is 16.6 Å². The molecule has 0 saturated carbocycles. The number of hydrazine groups is 1. The summed E-state index contributed by atoms with van der Waals surface area (Å²) in [5.74, 6) is 2.38. The molecule has 0 atom stereocenters. The lowest BCUT2D eigenvalue weighted by molar-refractivity contribution is -0.384. The zero-order chi connectivity index (χ0) is 14.7. The molecule has 0 fully saturated rings. The van der Waals surface area contributed by atoms with Crippen LogP contribution in [0.5, 0.6) is 0 Å². The van der Waals surface area contributed by atoms with Crippen LogP contribution in [-0.2, 0) is 0 Å². The van der Waals surface area contributed by atoms with Crippen molar-refractivity contribution in [3.05, 3.63) is 46.1 Å². The molecule has 1 heterocycles. The number of nitrogens with one attached hydrogen (secondary N) is 2. The van der Waals surface area contributed by atoms with Crippen LogP contribution in [-0.4, -0.2) is 14.9 Å². The average Bonchev–Trinajstić information content (AvgIpc) is 2.43. The highest BCUT2D eigenvalue weighted by atomic mass is 19.2. The van der Waals surface area contributed by atoms with E-state index in [-0.39, 0.29) is 17.5 Å². The van der Waals surface area contributed by atoms with Crippen LogP contribution in [0.1, 0.15) is 0 Å². The first-order valence-corrected chi connectivity index (χ1v) is 5.22. The highest BCUT2D eigenvalue weighted by Gasteiger charge is 2.19. The SMILES string of the molecule is NNc1ncc([N+](=O)[O-])c(Nc2cccc(F)c2F)n1. The lowest BCUT2D eigenvalue weighted by Gasteiger charge is -2.08. The fourth-order valence-corrected chi connectivity index (χ4v) is 1.40. The minimum absolute atomic E-state index is 0.116. The summed E-state index contributed by atoms with van der Waals surface area (Å²) < 4.78 is 26.6. The van der Waals surface area contributed by atoms with E-state index in [0.717, 1.165) is 12.3 Å². The second-order valence-electron chi connectivity index (χ2n) is 3.56. The number of halogens is 2. The van der Waals surface area contributed by atoms with Crippen LogP contribution in [0, 0.1) is 21.7 Å². The standard InChI is InChI=1S/C10H8F2N6O2/c11-5-2-1-3-6(8(5)12)15-9-7(18(19)20)4-14-10(16-9)17-13/h1-4H,13H2,(H2,14,15,16,17). The minimum Gasteiger partial charge on any atom is -0.332 e. The predicted molar refractivity (Wildman–Crippen MR) is 66.1 cm³/mol. The van der Waals surface area contributed by atoms with Gasteiger partial charge in [0.15, 0.2) is 11.6 Å². The molecule has 2 aromatic rings. The molecule has 10 heteroatoms. The van der Waals surface area contributed by atoms with Crippen LogP contribution >= 0.6 is 0 Å². The quantitative estimate of drug-likeness (QED) is 0.443. The largest absolute Gasteiger partial charge is 0.332 e. The van der Waals surface area contributed by atoms with E-state index in [9.17, 15) is 18.9 Å². The van der Waals surface area contributed by atoms with Gasteiger partial charge in [0.05, 0.1) is 10.6 Å². The number of hydrogen-bond acceptors (Lipinski definition) is 7. The third kappa shape index (κ3) is 2.59. The van der Waals surface area contributed by atoms with Crippen LogP contribution in [0.15, 0.2) is 24.4 Å². The van der Waals surface area contributed by atoms with Gasteiger partial charge in [-0.15, -0.1) is 0 Å². The Morgan fingerprint density at radius 3 is 2.75 bits per heavy atom. The van der Waals surface area contributed by atoms with Crippen molar-refractivity contribution >= 4 is 23.1 Å². The third-order valence-electron chi connectivity index (χ3n) is 2.30. The van der Waals surface area contributed by atoms with Gasteiger partial charge in [0.2, 0.25) is 11.8 Å². The van der Waals surface area contributed by atoms with E-state index >= 15 is 0 Å². The second-order valence-corrected chi connectivity index (χ2v) is 3.56. The average molecular weight is 282 g/mol. The van der Waals surface area contributed by atoms with E-state index in [0.29, 0.717) is 0 Å². The zero-order valence-corrected chi connectivity index (χ0v) is 9.80. The normalized spacial score (nSPS) is 10.2. The molecule has 0 aliphatic heterocycles. The Hall–Kier alpha value is -2.88. The van der Waals surface area contributed by atoms with Crippen molar-refractivity contribution in [3.63, 3.8) is 0 Å². The molecule has 0 amide bonds. The van der Waals surface area contributed by atoms with Gasteiger partial charge in [0, 0.05) is 0 Å². The highest BCUT2D eigenvalue weighted by Crippen LogP contribution is 2.27. The van der Waals surface area contributed by atoms with Gasteiger partial charge in [-0.05, 0) is 12.1 Å². The monoisotopic (exact) mass is 282 g/mol. The van der Waals surface area contributed by atoms with Crippen LogP contribution in [0.2, 0.25) is 0 Å². The molecule has 8 nitrogen and oxygen atoms in total. The van der Waals surface area contributed by atoms with Gasteiger partial charge in [0.1, 0.15) is 6.20 Å². The number of anilines is 3. The first kappa shape index (κ1) is 13.5. The Kier molecular flexibility index (Phi) is 3.66. The lowest BCUT2D eigenvalue weighted by atomic mass is 10.3. The molecular formula is C10H8F2N6O2. The predicted octanol–water partition coefficient (Wildman–Crippen LogP) is 1.69. The van der Waals surface area contributed by atoms with Gasteiger partial charge >= 0.3 is 5.69 Å². The first-order valence-electron chi connectivity index (χ1n) is 5.22. The number of hydrogen-bond donors (Lipinski definition) is 3. The fraction of sp³-hybridized carbons (Fsp3) is 0. The molecule has 20 heavy (non-hydrogen) atoms. The summed E-state index contributed by atoms with van der Waals surface area (Å²) >= 11 is 0. The smallest absolute Gasteiger partial charge is 0.329 e. The number of nitrogens with two attached hydrogens (primary N) is 1. The van der Waals surface area contributed by atoms with Crippen molar-refractivity contribution in [1.29, 1.82) is 0 Å². The molecule has 104 valence electrons. The van der Waals surface area contributed by atoms with Crippen molar-refractivity contribution in [1.82, 2.24) is 9.97 Å². The van der Waals surface area contributed by atoms with Gasteiger partial charge in [0.25, 0.3) is 0 Å². The third-order valence-corrected chi connectivity index (χ3v) is 2.30. The molecule has 0 aliphatic rings. The Morgan fingerprint density at radius 1 is 1.35 bits per heavy atom. The summed E-state index contributed by atoms with van der Waals surface area (Å²) in [6.45, 7) is 0. The van der Waals surface area contributed by atoms with Crippen LogP contribution in [0.3, 0.4) is 0 Å². The van der Waals surface area contributed by atoms with Crippen molar-refractivity contribution in [3.8, 4) is 0 Å². The van der Waals surface area contributed by atoms with Crippen molar-refractivity contribution in [2.24, 2.45) is 5.84 Å². The molecule has 0 unspecified atom stereocenters. The Labute approximate surface area is 110 Å². The van der Waals surface area contributed by atoms with E-state index in [2.05, 4.69) is 20.7 Å². The number of rotatable bonds is 4. The van der Waals surface area contributed by atoms with Crippen molar-refractivity contribution < 1.29 is 13.7 Å². The maximum absolute atomic E-state index is 13.5. The van der Waals surface area contributed by atoms with Gasteiger partial charge in [-0.2, -0.15) is 4.98 Å². The summed E-state index contributed by atoms with van der Waals surface area (Å²) in [7, 11) is 0. The zero-order valence-electron chi connectivity index (χ0n) is 9.80. The number of nitrogen functional groups attached to an aromatic ring is 1. The van der Waals surface area contributed by atoms with Crippen molar-refractivity contribution in [2.45, 2.75) is 0 Å². The summed E-state index contributed by atoms with van der Waals surface area (Å²) in [5.41, 5.74) is 1.29. The van der Waals surface area contributed by atoms with Gasteiger partial charge in [-0.1, -0.05) is 6.07 Å². The number of nitro groups is 1. The molecule has 0 aliphatic carbocycles. The van der Waals surface area contributed by atoms with E-state index in [4.69, 9.17) is 5.84 Å². The van der Waals surface area contributed by atoms with Gasteiger partial charge < -0.3 is 5.32 Å². The Bertz CT molecular complexity index is 666.